The number of carbonyl (C=O) groups excluding carboxylic acids is 1. The van der Waals surface area contributed by atoms with E-state index >= 15 is 0 Å². The number of carbonyl (C=O) groups is 1. The maximum Gasteiger partial charge on any atom is 0.275 e. The Morgan fingerprint density at radius 3 is 2.89 bits per heavy atom. The Bertz CT molecular complexity index is 984. The van der Waals surface area contributed by atoms with Gasteiger partial charge in [0, 0.05) is 50.8 Å². The van der Waals surface area contributed by atoms with Crippen molar-refractivity contribution in [2.75, 3.05) is 26.2 Å². The van der Waals surface area contributed by atoms with E-state index < -0.39 is 0 Å². The molecule has 0 unspecified atom stereocenters. The molecule has 1 saturated heterocycles. The van der Waals surface area contributed by atoms with Gasteiger partial charge in [-0.1, -0.05) is 11.6 Å². The van der Waals surface area contributed by atoms with Gasteiger partial charge in [0.15, 0.2) is 5.69 Å². The average Bonchev–Trinajstić information content (AvgIpc) is 3.09. The average molecular weight is 499 g/mol. The van der Waals surface area contributed by atoms with Crippen molar-refractivity contribution in [2.24, 2.45) is 0 Å². The molecule has 3 aromatic rings. The van der Waals surface area contributed by atoms with E-state index in [0.717, 1.165) is 53.2 Å². The number of hydrogen-bond donors (Lipinski definition) is 1. The molecule has 7 nitrogen and oxygen atoms in total. The predicted octanol–water partition coefficient (Wildman–Crippen LogP) is 2.97. The standard InChI is InChI=1S/C18H20ClIN6O/c1-12-16(20)17(23-22-12)18(27)25-6-2-5-24(7-8-25)10-14-11-26-9-13(19)3-4-15(26)21-14/h3-4,9,11H,2,5-8,10H2,1H3,(H,22,23). The molecule has 1 amide bonds. The van der Waals surface area contributed by atoms with E-state index in [4.69, 9.17) is 11.6 Å². The number of aromatic nitrogens is 4. The molecule has 3 aromatic heterocycles. The number of imidazole rings is 1. The highest BCUT2D eigenvalue weighted by molar-refractivity contribution is 14.1. The fourth-order valence-electron chi connectivity index (χ4n) is 3.36. The zero-order chi connectivity index (χ0) is 19.0. The number of fused-ring (bicyclic) bond motifs is 1. The van der Waals surface area contributed by atoms with Gasteiger partial charge in [0.2, 0.25) is 0 Å². The Labute approximate surface area is 175 Å². The summed E-state index contributed by atoms with van der Waals surface area (Å²) in [6.07, 6.45) is 4.82. The predicted molar refractivity (Wildman–Crippen MR) is 112 cm³/mol. The third-order valence-corrected chi connectivity index (χ3v) is 6.34. The lowest BCUT2D eigenvalue weighted by Crippen LogP contribution is -2.35. The van der Waals surface area contributed by atoms with Gasteiger partial charge in [0.05, 0.1) is 14.3 Å². The summed E-state index contributed by atoms with van der Waals surface area (Å²) < 4.78 is 2.86. The summed E-state index contributed by atoms with van der Waals surface area (Å²) in [5, 5.41) is 7.77. The van der Waals surface area contributed by atoms with E-state index in [1.165, 1.54) is 0 Å². The lowest BCUT2D eigenvalue weighted by Gasteiger charge is -2.21. The largest absolute Gasteiger partial charge is 0.336 e. The van der Waals surface area contributed by atoms with E-state index in [1.54, 1.807) is 0 Å². The van der Waals surface area contributed by atoms with E-state index in [9.17, 15) is 4.79 Å². The molecule has 0 bridgehead atoms. The van der Waals surface area contributed by atoms with E-state index in [-0.39, 0.29) is 5.91 Å². The molecule has 0 saturated carbocycles. The molecule has 0 radical (unpaired) electrons. The molecule has 0 aromatic carbocycles. The van der Waals surface area contributed by atoms with E-state index in [0.29, 0.717) is 17.3 Å². The minimum absolute atomic E-state index is 0.00738. The number of hydrogen-bond acceptors (Lipinski definition) is 4. The van der Waals surface area contributed by atoms with Gasteiger partial charge in [-0.3, -0.25) is 14.8 Å². The molecule has 1 aliphatic heterocycles. The summed E-state index contributed by atoms with van der Waals surface area (Å²) in [4.78, 5) is 21.7. The molecule has 9 heteroatoms. The SMILES string of the molecule is Cc1[nH]nc(C(=O)N2CCCN(Cc3cn4cc(Cl)ccc4n3)CC2)c1I. The minimum Gasteiger partial charge on any atom is -0.336 e. The highest BCUT2D eigenvalue weighted by Gasteiger charge is 2.24. The number of rotatable bonds is 3. The molecule has 4 rings (SSSR count). The highest BCUT2D eigenvalue weighted by Crippen LogP contribution is 2.17. The maximum atomic E-state index is 12.8. The quantitative estimate of drug-likeness (QED) is 0.564. The van der Waals surface area contributed by atoms with Crippen molar-refractivity contribution in [3.05, 3.63) is 50.2 Å². The van der Waals surface area contributed by atoms with Gasteiger partial charge in [-0.05, 0) is 48.1 Å². The molecular formula is C18H20ClIN6O. The Balaban J connectivity index is 1.42. The zero-order valence-corrected chi connectivity index (χ0v) is 17.9. The Morgan fingerprint density at radius 1 is 1.26 bits per heavy atom. The van der Waals surface area contributed by atoms with Crippen LogP contribution in [0.3, 0.4) is 0 Å². The van der Waals surface area contributed by atoms with Gasteiger partial charge >= 0.3 is 0 Å². The maximum absolute atomic E-state index is 12.8. The van der Waals surface area contributed by atoms with Gasteiger partial charge in [0.25, 0.3) is 5.91 Å². The first-order chi connectivity index (χ1) is 13.0. The first kappa shape index (κ1) is 18.7. The monoisotopic (exact) mass is 498 g/mol. The van der Waals surface area contributed by atoms with Gasteiger partial charge < -0.3 is 9.30 Å². The second kappa shape index (κ2) is 7.76. The molecule has 0 atom stereocenters. The summed E-state index contributed by atoms with van der Waals surface area (Å²) in [7, 11) is 0. The number of aryl methyl sites for hydroxylation is 1. The van der Waals surface area contributed by atoms with Crippen LogP contribution in [0, 0.1) is 10.5 Å². The normalized spacial score (nSPS) is 16.0. The summed E-state index contributed by atoms with van der Waals surface area (Å²) in [6.45, 7) is 5.89. The van der Waals surface area contributed by atoms with E-state index in [1.807, 2.05) is 40.8 Å². The lowest BCUT2D eigenvalue weighted by molar-refractivity contribution is 0.0754. The number of nitrogens with zero attached hydrogens (tertiary/aromatic N) is 5. The van der Waals surface area contributed by atoms with Gasteiger partial charge in [0.1, 0.15) is 5.65 Å². The van der Waals surface area contributed by atoms with Crippen LogP contribution in [-0.2, 0) is 6.54 Å². The van der Waals surface area contributed by atoms with Crippen molar-refractivity contribution in [1.82, 2.24) is 29.4 Å². The molecule has 1 fully saturated rings. The summed E-state index contributed by atoms with van der Waals surface area (Å²) in [5.74, 6) is 0.00738. The van der Waals surface area contributed by atoms with Crippen molar-refractivity contribution < 1.29 is 4.79 Å². The fraction of sp³-hybridized carbons (Fsp3) is 0.389. The number of halogens is 2. The van der Waals surface area contributed by atoms with Crippen molar-refractivity contribution in [2.45, 2.75) is 19.9 Å². The first-order valence-corrected chi connectivity index (χ1v) is 10.3. The van der Waals surface area contributed by atoms with E-state index in [2.05, 4.69) is 42.7 Å². The molecule has 0 spiro atoms. The second-order valence-electron chi connectivity index (χ2n) is 6.78. The molecule has 4 heterocycles. The molecule has 0 aliphatic carbocycles. The van der Waals surface area contributed by atoms with Crippen LogP contribution in [0.1, 0.15) is 28.3 Å². The minimum atomic E-state index is 0.00738. The number of aromatic amines is 1. The van der Waals surface area contributed by atoms with Crippen LogP contribution in [0.5, 0.6) is 0 Å². The number of pyridine rings is 1. The van der Waals surface area contributed by atoms with Gasteiger partial charge in [-0.15, -0.1) is 0 Å². The molecular weight excluding hydrogens is 479 g/mol. The van der Waals surface area contributed by atoms with Crippen LogP contribution in [0.15, 0.2) is 24.5 Å². The number of H-pyrrole nitrogens is 1. The number of nitrogens with one attached hydrogen (secondary N) is 1. The third-order valence-electron chi connectivity index (χ3n) is 4.80. The topological polar surface area (TPSA) is 69.5 Å². The van der Waals surface area contributed by atoms with Crippen LogP contribution in [-0.4, -0.2) is 61.5 Å². The van der Waals surface area contributed by atoms with Crippen LogP contribution >= 0.6 is 34.2 Å². The van der Waals surface area contributed by atoms with Crippen molar-refractivity contribution in [1.29, 1.82) is 0 Å². The highest BCUT2D eigenvalue weighted by atomic mass is 127. The summed E-state index contributed by atoms with van der Waals surface area (Å²) in [6, 6.07) is 3.77. The van der Waals surface area contributed by atoms with Crippen molar-refractivity contribution in [3.63, 3.8) is 0 Å². The first-order valence-electron chi connectivity index (χ1n) is 8.86. The molecule has 1 N–H and O–H groups in total. The van der Waals surface area contributed by atoms with Crippen molar-refractivity contribution >= 4 is 45.7 Å². The zero-order valence-electron chi connectivity index (χ0n) is 15.0. The van der Waals surface area contributed by atoms with Crippen LogP contribution in [0.2, 0.25) is 5.02 Å². The van der Waals surface area contributed by atoms with Crippen LogP contribution in [0.4, 0.5) is 0 Å². The smallest absolute Gasteiger partial charge is 0.275 e. The Hall–Kier alpha value is -1.65. The fourth-order valence-corrected chi connectivity index (χ4v) is 4.00. The summed E-state index contributed by atoms with van der Waals surface area (Å²) >= 11 is 8.22. The molecule has 142 valence electrons. The van der Waals surface area contributed by atoms with Gasteiger partial charge in [-0.2, -0.15) is 5.10 Å². The number of amides is 1. The van der Waals surface area contributed by atoms with Crippen LogP contribution in [0.25, 0.3) is 5.65 Å². The Morgan fingerprint density at radius 2 is 2.11 bits per heavy atom. The van der Waals surface area contributed by atoms with Gasteiger partial charge in [-0.25, -0.2) is 4.98 Å². The second-order valence-corrected chi connectivity index (χ2v) is 8.29. The third kappa shape index (κ3) is 3.97. The lowest BCUT2D eigenvalue weighted by atomic mass is 10.3. The summed E-state index contributed by atoms with van der Waals surface area (Å²) in [5.41, 5.74) is 3.36. The molecule has 1 aliphatic rings. The Kier molecular flexibility index (Phi) is 5.38. The van der Waals surface area contributed by atoms with Crippen molar-refractivity contribution in [3.8, 4) is 0 Å². The molecule has 27 heavy (non-hydrogen) atoms. The van der Waals surface area contributed by atoms with Crippen LogP contribution < -0.4 is 0 Å².